The number of carbonyl (C=O) groups is 1. The summed E-state index contributed by atoms with van der Waals surface area (Å²) in [6.45, 7) is 4.69. The van der Waals surface area contributed by atoms with Crippen molar-refractivity contribution in [2.75, 3.05) is 26.3 Å². The van der Waals surface area contributed by atoms with Crippen LogP contribution < -0.4 is 9.47 Å². The Morgan fingerprint density at radius 3 is 2.70 bits per heavy atom. The second kappa shape index (κ2) is 5.32. The van der Waals surface area contributed by atoms with Crippen LogP contribution in [0, 0.1) is 5.92 Å². The van der Waals surface area contributed by atoms with Crippen molar-refractivity contribution in [3.63, 3.8) is 0 Å². The minimum atomic E-state index is -0.702. The molecule has 0 radical (unpaired) electrons. The highest BCUT2D eigenvalue weighted by molar-refractivity contribution is 5.71. The zero-order valence-corrected chi connectivity index (χ0v) is 11.5. The highest BCUT2D eigenvalue weighted by Gasteiger charge is 2.35. The quantitative estimate of drug-likeness (QED) is 0.914. The molecule has 108 valence electrons. The Morgan fingerprint density at radius 1 is 1.30 bits per heavy atom. The van der Waals surface area contributed by atoms with Crippen molar-refractivity contribution in [1.29, 1.82) is 0 Å². The number of hydrogen-bond donors (Lipinski definition) is 1. The van der Waals surface area contributed by atoms with Crippen molar-refractivity contribution in [3.8, 4) is 11.5 Å². The number of carboxylic acids is 1. The number of aliphatic carboxylic acids is 1. The van der Waals surface area contributed by atoms with Crippen LogP contribution in [-0.2, 0) is 4.79 Å². The number of rotatable bonds is 3. The zero-order valence-electron chi connectivity index (χ0n) is 11.5. The zero-order chi connectivity index (χ0) is 14.1. The molecule has 20 heavy (non-hydrogen) atoms. The molecule has 1 aromatic carbocycles. The van der Waals surface area contributed by atoms with Gasteiger partial charge in [0, 0.05) is 25.6 Å². The molecule has 3 rings (SSSR count). The molecule has 0 saturated carbocycles. The van der Waals surface area contributed by atoms with Crippen LogP contribution in [-0.4, -0.2) is 42.3 Å². The molecule has 0 aliphatic carbocycles. The molecule has 1 N–H and O–H groups in total. The van der Waals surface area contributed by atoms with Crippen LogP contribution in [0.2, 0.25) is 0 Å². The van der Waals surface area contributed by atoms with E-state index >= 15 is 0 Å². The number of ether oxygens (including phenoxy) is 2. The molecule has 1 unspecified atom stereocenters. The van der Waals surface area contributed by atoms with Crippen molar-refractivity contribution < 1.29 is 19.4 Å². The Kier molecular flexibility index (Phi) is 3.53. The van der Waals surface area contributed by atoms with Crippen LogP contribution in [0.15, 0.2) is 18.2 Å². The lowest BCUT2D eigenvalue weighted by molar-refractivity contribution is -0.148. The predicted octanol–water partition coefficient (Wildman–Crippen LogP) is 1.93. The largest absolute Gasteiger partial charge is 0.490 e. The number of carboxylic acid groups (broad SMARTS) is 1. The number of hydrogen-bond acceptors (Lipinski definition) is 4. The monoisotopic (exact) mass is 277 g/mol. The normalized spacial score (nSPS) is 20.9. The van der Waals surface area contributed by atoms with Gasteiger partial charge < -0.3 is 14.6 Å². The molecule has 1 fully saturated rings. The van der Waals surface area contributed by atoms with Crippen molar-refractivity contribution in [1.82, 2.24) is 4.90 Å². The van der Waals surface area contributed by atoms with E-state index in [1.165, 1.54) is 0 Å². The number of likely N-dealkylation sites (tertiary alicyclic amines) is 1. The van der Waals surface area contributed by atoms with E-state index in [2.05, 4.69) is 11.8 Å². The lowest BCUT2D eigenvalue weighted by atomic mass is 9.95. The van der Waals surface area contributed by atoms with Gasteiger partial charge in [-0.2, -0.15) is 0 Å². The van der Waals surface area contributed by atoms with Crippen molar-refractivity contribution >= 4 is 5.97 Å². The standard InChI is InChI=1S/C15H19NO4/c1-10(16-8-12(9-16)15(17)18)11-3-4-13-14(7-11)20-6-2-5-19-13/h3-4,7,10,12H,2,5-6,8-9H2,1H3,(H,17,18). The van der Waals surface area contributed by atoms with Gasteiger partial charge in [-0.05, 0) is 24.6 Å². The molecule has 2 heterocycles. The van der Waals surface area contributed by atoms with E-state index in [1.54, 1.807) is 0 Å². The molecule has 5 heteroatoms. The van der Waals surface area contributed by atoms with Gasteiger partial charge in [0.2, 0.25) is 0 Å². The van der Waals surface area contributed by atoms with E-state index in [1.807, 2.05) is 18.2 Å². The van der Waals surface area contributed by atoms with Crippen LogP contribution in [0.1, 0.15) is 24.9 Å². The maximum atomic E-state index is 10.9. The first-order valence-electron chi connectivity index (χ1n) is 7.01. The smallest absolute Gasteiger partial charge is 0.309 e. The first kappa shape index (κ1) is 13.2. The van der Waals surface area contributed by atoms with Gasteiger partial charge in [-0.25, -0.2) is 0 Å². The Morgan fingerprint density at radius 2 is 2.00 bits per heavy atom. The molecule has 5 nitrogen and oxygen atoms in total. The number of nitrogens with zero attached hydrogens (tertiary/aromatic N) is 1. The van der Waals surface area contributed by atoms with Crippen molar-refractivity contribution in [2.24, 2.45) is 5.92 Å². The van der Waals surface area contributed by atoms with E-state index in [4.69, 9.17) is 14.6 Å². The van der Waals surface area contributed by atoms with Gasteiger partial charge in [0.25, 0.3) is 0 Å². The first-order chi connectivity index (χ1) is 9.65. The van der Waals surface area contributed by atoms with Gasteiger partial charge in [-0.3, -0.25) is 9.69 Å². The topological polar surface area (TPSA) is 59.0 Å². The van der Waals surface area contributed by atoms with Crippen LogP contribution in [0.4, 0.5) is 0 Å². The summed E-state index contributed by atoms with van der Waals surface area (Å²) in [7, 11) is 0. The average molecular weight is 277 g/mol. The maximum absolute atomic E-state index is 10.9. The van der Waals surface area contributed by atoms with E-state index in [-0.39, 0.29) is 12.0 Å². The summed E-state index contributed by atoms with van der Waals surface area (Å²) in [5.41, 5.74) is 1.14. The lowest BCUT2D eigenvalue weighted by Gasteiger charge is -2.41. The van der Waals surface area contributed by atoms with Gasteiger partial charge >= 0.3 is 5.97 Å². The maximum Gasteiger partial charge on any atom is 0.309 e. The number of fused-ring (bicyclic) bond motifs is 1. The van der Waals surface area contributed by atoms with E-state index in [9.17, 15) is 4.79 Å². The van der Waals surface area contributed by atoms with E-state index in [0.717, 1.165) is 23.5 Å². The molecular weight excluding hydrogens is 258 g/mol. The fourth-order valence-electron chi connectivity index (χ4n) is 2.64. The average Bonchev–Trinajstić information content (AvgIpc) is 2.60. The summed E-state index contributed by atoms with van der Waals surface area (Å²) < 4.78 is 11.3. The molecule has 0 aromatic heterocycles. The molecule has 2 aliphatic rings. The van der Waals surface area contributed by atoms with Gasteiger partial charge in [0.1, 0.15) is 0 Å². The first-order valence-corrected chi connectivity index (χ1v) is 7.01. The third-order valence-corrected chi connectivity index (χ3v) is 4.06. The van der Waals surface area contributed by atoms with E-state index in [0.29, 0.717) is 26.3 Å². The highest BCUT2D eigenvalue weighted by Crippen LogP contribution is 2.35. The van der Waals surface area contributed by atoms with Crippen LogP contribution in [0.3, 0.4) is 0 Å². The summed E-state index contributed by atoms with van der Waals surface area (Å²) in [5.74, 6) is 0.664. The molecule has 1 aromatic rings. The summed E-state index contributed by atoms with van der Waals surface area (Å²) in [6, 6.07) is 6.19. The molecule has 0 amide bonds. The molecule has 2 aliphatic heterocycles. The van der Waals surface area contributed by atoms with Crippen LogP contribution in [0.5, 0.6) is 11.5 Å². The highest BCUT2D eigenvalue weighted by atomic mass is 16.5. The second-order valence-electron chi connectivity index (χ2n) is 5.42. The Labute approximate surface area is 118 Å². The van der Waals surface area contributed by atoms with Crippen molar-refractivity contribution in [2.45, 2.75) is 19.4 Å². The predicted molar refractivity (Wildman–Crippen MR) is 73.2 cm³/mol. The molecule has 0 bridgehead atoms. The summed E-state index contributed by atoms with van der Waals surface area (Å²) in [4.78, 5) is 13.0. The fraction of sp³-hybridized carbons (Fsp3) is 0.533. The van der Waals surface area contributed by atoms with Crippen LogP contribution >= 0.6 is 0 Å². The minimum Gasteiger partial charge on any atom is -0.490 e. The molecule has 1 atom stereocenters. The summed E-state index contributed by atoms with van der Waals surface area (Å²) >= 11 is 0. The summed E-state index contributed by atoms with van der Waals surface area (Å²) in [5, 5.41) is 8.93. The Bertz CT molecular complexity index is 511. The Hall–Kier alpha value is -1.75. The van der Waals surface area contributed by atoms with Gasteiger partial charge in [0.05, 0.1) is 19.1 Å². The second-order valence-corrected chi connectivity index (χ2v) is 5.42. The molecular formula is C15H19NO4. The third-order valence-electron chi connectivity index (χ3n) is 4.06. The van der Waals surface area contributed by atoms with E-state index < -0.39 is 5.97 Å². The summed E-state index contributed by atoms with van der Waals surface area (Å²) in [6.07, 6.45) is 0.895. The molecule has 1 saturated heterocycles. The van der Waals surface area contributed by atoms with Gasteiger partial charge in [-0.1, -0.05) is 6.07 Å². The Balaban J connectivity index is 1.71. The van der Waals surface area contributed by atoms with Crippen LogP contribution in [0.25, 0.3) is 0 Å². The van der Waals surface area contributed by atoms with Gasteiger partial charge in [0.15, 0.2) is 11.5 Å². The lowest BCUT2D eigenvalue weighted by Crippen LogP contribution is -2.51. The third kappa shape index (κ3) is 2.45. The minimum absolute atomic E-state index is 0.197. The van der Waals surface area contributed by atoms with Crippen molar-refractivity contribution in [3.05, 3.63) is 23.8 Å². The molecule has 0 spiro atoms. The number of benzene rings is 1. The fourth-order valence-corrected chi connectivity index (χ4v) is 2.64. The van der Waals surface area contributed by atoms with Gasteiger partial charge in [-0.15, -0.1) is 0 Å². The SMILES string of the molecule is CC(c1ccc2c(c1)OCCCO2)N1CC(C(=O)O)C1.